The van der Waals surface area contributed by atoms with Crippen LogP contribution in [0.5, 0.6) is 0 Å². The number of nitrogens with one attached hydrogen (secondary N) is 1. The van der Waals surface area contributed by atoms with Crippen LogP contribution in [0.2, 0.25) is 0 Å². The maximum absolute atomic E-state index is 12.0. The Morgan fingerprint density at radius 1 is 0.878 bits per heavy atom. The summed E-state index contributed by atoms with van der Waals surface area (Å²) >= 11 is 5.57. The van der Waals surface area contributed by atoms with Gasteiger partial charge in [0.15, 0.2) is 0 Å². The minimum absolute atomic E-state index is 0. The van der Waals surface area contributed by atoms with Gasteiger partial charge in [-0.2, -0.15) is 0 Å². The molecule has 0 aliphatic heterocycles. The predicted molar refractivity (Wildman–Crippen MR) is 158 cm³/mol. The minimum Gasteiger partial charge on any atom is -0.748 e. The number of aromatic nitrogens is 2. The van der Waals surface area contributed by atoms with Crippen molar-refractivity contribution in [3.05, 3.63) is 23.5 Å². The first kappa shape index (κ1) is 42.9. The normalized spacial score (nSPS) is 12.6. The Morgan fingerprint density at radius 3 is 1.90 bits per heavy atom. The molecule has 1 unspecified atom stereocenters. The van der Waals surface area contributed by atoms with Crippen molar-refractivity contribution in [3.63, 3.8) is 0 Å². The molecule has 0 radical (unpaired) electrons. The fraction of sp³-hybridized carbons (Fsp3) is 0.714. The number of nitrogens with zero attached hydrogens (tertiary/aromatic N) is 1. The molecule has 0 amide bonds. The molecule has 1 N–H and O–H groups in total. The molecular formula is C28H44K2N2O6S3. The van der Waals surface area contributed by atoms with Gasteiger partial charge in [-0.25, -0.2) is 21.8 Å². The van der Waals surface area contributed by atoms with Gasteiger partial charge >= 0.3 is 103 Å². The minimum atomic E-state index is -4.74. The molecule has 0 aliphatic rings. The Bertz CT molecular complexity index is 1270. The standard InChI is InChI=1S/C28H46N2O6S3.2K/c1-3-5-6-7-8-9-10-11-12-13-14-15-16-22(37)21-24-26(39(34,35)36)19-18-25-28(24)30-27(29-25)20-17-23(4-2)38(31,32)33;;/h18-19,23H,3-17,20-21H2,1-2H3,(H,29,30)(H,31,32,33)(H,34,35,36);;/q;2*+1/p-2. The molecule has 0 saturated heterocycles. The first-order chi connectivity index (χ1) is 18.5. The van der Waals surface area contributed by atoms with Crippen LogP contribution >= 0.6 is 12.2 Å². The number of unbranched alkanes of at least 4 members (excludes halogenated alkanes) is 11. The van der Waals surface area contributed by atoms with E-state index >= 15 is 0 Å². The van der Waals surface area contributed by atoms with Gasteiger partial charge in [-0.05, 0) is 42.7 Å². The third kappa shape index (κ3) is 16.3. The summed E-state index contributed by atoms with van der Waals surface area (Å²) in [7, 11) is -9.16. The van der Waals surface area contributed by atoms with E-state index < -0.39 is 25.5 Å². The van der Waals surface area contributed by atoms with Crippen LogP contribution in [0.1, 0.15) is 122 Å². The predicted octanol–water partition coefficient (Wildman–Crippen LogP) is 0.735. The molecule has 1 aromatic carbocycles. The Morgan fingerprint density at radius 2 is 1.41 bits per heavy atom. The van der Waals surface area contributed by atoms with Crippen LogP contribution in [-0.4, -0.2) is 46.0 Å². The average Bonchev–Trinajstić information content (AvgIpc) is 3.27. The molecule has 1 atom stereocenters. The van der Waals surface area contributed by atoms with Crippen LogP contribution in [-0.2, 0) is 33.1 Å². The van der Waals surface area contributed by atoms with Gasteiger partial charge in [0.1, 0.15) is 15.9 Å². The zero-order chi connectivity index (χ0) is 28.9. The summed E-state index contributed by atoms with van der Waals surface area (Å²) in [5.74, 6) is 0.431. The van der Waals surface area contributed by atoms with E-state index in [-0.39, 0.29) is 139 Å². The van der Waals surface area contributed by atoms with Crippen LogP contribution in [0.3, 0.4) is 0 Å². The van der Waals surface area contributed by atoms with Crippen LogP contribution < -0.4 is 103 Å². The monoisotopic (exact) mass is 678 g/mol. The molecule has 2 aromatic rings. The van der Waals surface area contributed by atoms with Crippen LogP contribution in [0.25, 0.3) is 11.0 Å². The molecule has 0 spiro atoms. The number of rotatable bonds is 21. The van der Waals surface area contributed by atoms with E-state index in [1.54, 1.807) is 6.92 Å². The summed E-state index contributed by atoms with van der Waals surface area (Å²) in [6.07, 6.45) is 16.2. The third-order valence-corrected chi connectivity index (χ3v) is 9.94. The Labute approximate surface area is 338 Å². The van der Waals surface area contributed by atoms with Crippen LogP contribution in [0.4, 0.5) is 0 Å². The van der Waals surface area contributed by atoms with Crippen molar-refractivity contribution in [1.82, 2.24) is 9.97 Å². The van der Waals surface area contributed by atoms with Crippen molar-refractivity contribution < 1.29 is 129 Å². The molecule has 0 fully saturated rings. The zero-order valence-electron chi connectivity index (χ0n) is 25.4. The summed E-state index contributed by atoms with van der Waals surface area (Å²) in [6.45, 7) is 3.87. The quantitative estimate of drug-likeness (QED) is 0.0882. The van der Waals surface area contributed by atoms with E-state index in [1.807, 2.05) is 0 Å². The average molecular weight is 679 g/mol. The van der Waals surface area contributed by atoms with Crippen molar-refractivity contribution in [1.29, 1.82) is 0 Å². The van der Waals surface area contributed by atoms with E-state index in [1.165, 1.54) is 69.9 Å². The second-order valence-corrected chi connectivity index (χ2v) is 14.1. The number of fused-ring (bicyclic) bond motifs is 1. The van der Waals surface area contributed by atoms with Gasteiger partial charge in [-0.3, -0.25) is 0 Å². The number of aryl methyl sites for hydroxylation is 1. The van der Waals surface area contributed by atoms with Crippen LogP contribution in [0, 0.1) is 0 Å². The number of H-pyrrole nitrogens is 1. The molecule has 1 heterocycles. The molecule has 13 heteroatoms. The van der Waals surface area contributed by atoms with Crippen molar-refractivity contribution in [2.45, 2.75) is 133 Å². The van der Waals surface area contributed by atoms with Gasteiger partial charge < -0.3 is 14.1 Å². The Hall–Kier alpha value is 1.87. The number of hydrogen-bond acceptors (Lipinski definition) is 8. The third-order valence-electron chi connectivity index (χ3n) is 7.28. The first-order valence-corrected chi connectivity index (χ1v) is 17.7. The fourth-order valence-corrected chi connectivity index (χ4v) is 6.80. The van der Waals surface area contributed by atoms with Gasteiger partial charge in [0.25, 0.3) is 0 Å². The summed E-state index contributed by atoms with van der Waals surface area (Å²) in [5, 5.41) is -1.02. The van der Waals surface area contributed by atoms with Crippen molar-refractivity contribution in [3.8, 4) is 0 Å². The molecule has 0 saturated carbocycles. The summed E-state index contributed by atoms with van der Waals surface area (Å²) in [6, 6.07) is 2.75. The molecule has 0 bridgehead atoms. The van der Waals surface area contributed by atoms with Gasteiger partial charge in [0, 0.05) is 23.7 Å². The summed E-state index contributed by atoms with van der Waals surface area (Å²) in [5.41, 5.74) is 1.16. The van der Waals surface area contributed by atoms with E-state index in [0.29, 0.717) is 28.1 Å². The Balaban J connectivity index is 0.00000800. The molecular weight excluding hydrogens is 635 g/mol. The van der Waals surface area contributed by atoms with Gasteiger partial charge in [-0.15, -0.1) is 0 Å². The number of benzene rings is 1. The largest absolute Gasteiger partial charge is 1.00 e. The van der Waals surface area contributed by atoms with Gasteiger partial charge in [-0.1, -0.05) is 96.7 Å². The van der Waals surface area contributed by atoms with Crippen molar-refractivity contribution in [2.75, 3.05) is 0 Å². The molecule has 1 aromatic heterocycles. The SMILES string of the molecule is CCCCCCCCCCCCCCC(=S)Cc1c(S(=O)(=O)[O-])ccc2[nH]c(CCC(CC)S(=O)(=O)[O-])nc12.[K+].[K+]. The van der Waals surface area contributed by atoms with E-state index in [4.69, 9.17) is 12.2 Å². The molecule has 41 heavy (non-hydrogen) atoms. The summed E-state index contributed by atoms with van der Waals surface area (Å²) in [4.78, 5) is 7.88. The topological polar surface area (TPSA) is 143 Å². The number of hydrogen-bond donors (Lipinski definition) is 1. The Kier molecular flexibility index (Phi) is 23.4. The second kappa shape index (κ2) is 22.4. The maximum atomic E-state index is 12.0. The molecule has 2 rings (SSSR count). The molecule has 8 nitrogen and oxygen atoms in total. The fourth-order valence-electron chi connectivity index (χ4n) is 4.99. The van der Waals surface area contributed by atoms with E-state index in [2.05, 4.69) is 16.9 Å². The zero-order valence-corrected chi connectivity index (χ0v) is 34.1. The molecule has 222 valence electrons. The van der Waals surface area contributed by atoms with Gasteiger partial charge in [0.05, 0.1) is 26.0 Å². The number of thiocarbonyl (C=S) groups is 1. The summed E-state index contributed by atoms with van der Waals surface area (Å²) < 4.78 is 70.2. The van der Waals surface area contributed by atoms with E-state index in [0.717, 1.165) is 19.3 Å². The second-order valence-electron chi connectivity index (χ2n) is 10.5. The van der Waals surface area contributed by atoms with Gasteiger partial charge in [0.2, 0.25) is 0 Å². The van der Waals surface area contributed by atoms with Crippen molar-refractivity contribution in [2.24, 2.45) is 0 Å². The van der Waals surface area contributed by atoms with E-state index in [9.17, 15) is 25.9 Å². The van der Waals surface area contributed by atoms with Crippen LogP contribution in [0.15, 0.2) is 17.0 Å². The number of imidazole rings is 1. The smallest absolute Gasteiger partial charge is 0.748 e. The number of aromatic amines is 1. The van der Waals surface area contributed by atoms with Crippen molar-refractivity contribution >= 4 is 48.4 Å². The molecule has 0 aliphatic carbocycles. The maximum Gasteiger partial charge on any atom is 1.00 e. The first-order valence-electron chi connectivity index (χ1n) is 14.4.